The van der Waals surface area contributed by atoms with Crippen LogP contribution < -0.4 is 4.90 Å². The van der Waals surface area contributed by atoms with Gasteiger partial charge in [-0.15, -0.1) is 0 Å². The summed E-state index contributed by atoms with van der Waals surface area (Å²) in [5, 5.41) is 9.59. The fraction of sp³-hybridized carbons (Fsp3) is 0.652. The molecule has 1 aromatic rings. The SMILES string of the molecule is CN1CCCN(c2ccc(C#N)c(CN3CCN(C(=O)OC(C)(C)C)CC3)c2)CC1. The summed E-state index contributed by atoms with van der Waals surface area (Å²) in [6.45, 7) is 13.5. The van der Waals surface area contributed by atoms with E-state index in [1.54, 1.807) is 4.90 Å². The lowest BCUT2D eigenvalue weighted by atomic mass is 10.1. The molecule has 2 fully saturated rings. The van der Waals surface area contributed by atoms with Crippen molar-refractivity contribution in [3.05, 3.63) is 29.3 Å². The van der Waals surface area contributed by atoms with E-state index in [9.17, 15) is 10.1 Å². The number of ether oxygens (including phenoxy) is 1. The van der Waals surface area contributed by atoms with E-state index >= 15 is 0 Å². The molecule has 164 valence electrons. The van der Waals surface area contributed by atoms with Gasteiger partial charge in [-0.3, -0.25) is 4.90 Å². The smallest absolute Gasteiger partial charge is 0.410 e. The quantitative estimate of drug-likeness (QED) is 0.759. The number of likely N-dealkylation sites (N-methyl/N-ethyl adjacent to an activating group) is 1. The summed E-state index contributed by atoms with van der Waals surface area (Å²) in [7, 11) is 2.17. The number of hydrogen-bond acceptors (Lipinski definition) is 6. The Morgan fingerprint density at radius 3 is 2.47 bits per heavy atom. The lowest BCUT2D eigenvalue weighted by Crippen LogP contribution is -2.49. The number of rotatable bonds is 3. The van der Waals surface area contributed by atoms with Crippen LogP contribution >= 0.6 is 0 Å². The number of hydrogen-bond donors (Lipinski definition) is 0. The van der Waals surface area contributed by atoms with Crippen LogP contribution in [0.5, 0.6) is 0 Å². The zero-order valence-corrected chi connectivity index (χ0v) is 18.9. The van der Waals surface area contributed by atoms with Crippen LogP contribution in [0.25, 0.3) is 0 Å². The number of piperazine rings is 1. The number of benzene rings is 1. The Morgan fingerprint density at radius 2 is 1.80 bits per heavy atom. The van der Waals surface area contributed by atoms with Gasteiger partial charge >= 0.3 is 6.09 Å². The Morgan fingerprint density at radius 1 is 1.07 bits per heavy atom. The van der Waals surface area contributed by atoms with Crippen molar-refractivity contribution < 1.29 is 9.53 Å². The summed E-state index contributed by atoms with van der Waals surface area (Å²) < 4.78 is 5.48. The fourth-order valence-corrected chi connectivity index (χ4v) is 3.98. The predicted molar refractivity (Wildman–Crippen MR) is 119 cm³/mol. The van der Waals surface area contributed by atoms with Crippen molar-refractivity contribution in [1.29, 1.82) is 5.26 Å². The second-order valence-corrected chi connectivity index (χ2v) is 9.34. The maximum absolute atomic E-state index is 12.3. The van der Waals surface area contributed by atoms with Crippen LogP contribution in [0.4, 0.5) is 10.5 Å². The third-order valence-corrected chi connectivity index (χ3v) is 5.71. The lowest BCUT2D eigenvalue weighted by molar-refractivity contribution is 0.0139. The summed E-state index contributed by atoms with van der Waals surface area (Å²) in [6, 6.07) is 8.57. The van der Waals surface area contributed by atoms with Gasteiger partial charge in [0.05, 0.1) is 11.6 Å². The van der Waals surface area contributed by atoms with Gasteiger partial charge in [0.1, 0.15) is 5.60 Å². The third kappa shape index (κ3) is 6.10. The molecule has 1 aromatic carbocycles. The van der Waals surface area contributed by atoms with Crippen LogP contribution in [0.15, 0.2) is 18.2 Å². The standard InChI is InChI=1S/C23H35N5O2/c1-23(2,3)30-22(29)28-14-11-26(12-15-28)18-20-16-21(7-6-19(20)17-24)27-9-5-8-25(4)10-13-27/h6-7,16H,5,8-15,18H2,1-4H3. The largest absolute Gasteiger partial charge is 0.444 e. The summed E-state index contributed by atoms with van der Waals surface area (Å²) in [4.78, 5) is 21.2. The zero-order valence-electron chi connectivity index (χ0n) is 18.9. The van der Waals surface area contributed by atoms with Crippen molar-refractivity contribution in [2.24, 2.45) is 0 Å². The predicted octanol–water partition coefficient (Wildman–Crippen LogP) is 2.75. The molecule has 2 aliphatic rings. The topological polar surface area (TPSA) is 63.0 Å². The first kappa shape index (κ1) is 22.4. The molecule has 0 aromatic heterocycles. The maximum Gasteiger partial charge on any atom is 0.410 e. The molecule has 2 saturated heterocycles. The van der Waals surface area contributed by atoms with E-state index in [2.05, 4.69) is 39.9 Å². The summed E-state index contributed by atoms with van der Waals surface area (Å²) in [6.07, 6.45) is 0.909. The number of carbonyl (C=O) groups is 1. The second kappa shape index (κ2) is 9.67. The van der Waals surface area contributed by atoms with Gasteiger partial charge in [0.15, 0.2) is 0 Å². The summed E-state index contributed by atoms with van der Waals surface area (Å²) in [5.74, 6) is 0. The highest BCUT2D eigenvalue weighted by molar-refractivity contribution is 5.68. The molecule has 2 heterocycles. The van der Waals surface area contributed by atoms with Crippen molar-refractivity contribution >= 4 is 11.8 Å². The second-order valence-electron chi connectivity index (χ2n) is 9.34. The molecule has 1 amide bonds. The summed E-state index contributed by atoms with van der Waals surface area (Å²) in [5.41, 5.74) is 2.53. The van der Waals surface area contributed by atoms with Crippen molar-refractivity contribution in [2.75, 3.05) is 64.3 Å². The minimum absolute atomic E-state index is 0.243. The average molecular weight is 414 g/mol. The molecule has 7 nitrogen and oxygen atoms in total. The molecule has 2 aliphatic heterocycles. The van der Waals surface area contributed by atoms with Gasteiger partial charge in [0, 0.05) is 58.0 Å². The van der Waals surface area contributed by atoms with E-state index < -0.39 is 5.60 Å². The summed E-state index contributed by atoms with van der Waals surface area (Å²) >= 11 is 0. The Kier molecular flexibility index (Phi) is 7.22. The highest BCUT2D eigenvalue weighted by atomic mass is 16.6. The molecular weight excluding hydrogens is 378 g/mol. The monoisotopic (exact) mass is 413 g/mol. The molecule has 0 spiro atoms. The number of nitriles is 1. The molecule has 0 saturated carbocycles. The van der Waals surface area contributed by atoms with Crippen molar-refractivity contribution in [1.82, 2.24) is 14.7 Å². The van der Waals surface area contributed by atoms with E-state index in [-0.39, 0.29) is 6.09 Å². The fourth-order valence-electron chi connectivity index (χ4n) is 3.98. The molecule has 0 atom stereocenters. The molecule has 0 radical (unpaired) electrons. The molecule has 7 heteroatoms. The van der Waals surface area contributed by atoms with E-state index in [0.717, 1.165) is 63.4 Å². The first-order chi connectivity index (χ1) is 14.2. The van der Waals surface area contributed by atoms with Crippen LogP contribution in [-0.4, -0.2) is 85.8 Å². The number of carbonyl (C=O) groups excluding carboxylic acids is 1. The average Bonchev–Trinajstić information content (AvgIpc) is 2.91. The highest BCUT2D eigenvalue weighted by Gasteiger charge is 2.26. The highest BCUT2D eigenvalue weighted by Crippen LogP contribution is 2.23. The molecule has 3 rings (SSSR count). The Labute approximate surface area is 180 Å². The first-order valence-electron chi connectivity index (χ1n) is 10.9. The Bertz CT molecular complexity index is 775. The van der Waals surface area contributed by atoms with Crippen LogP contribution in [0.3, 0.4) is 0 Å². The number of anilines is 1. The molecular formula is C23H35N5O2. The molecule has 0 bridgehead atoms. The van der Waals surface area contributed by atoms with Crippen LogP contribution in [-0.2, 0) is 11.3 Å². The Hall–Kier alpha value is -2.30. The van der Waals surface area contributed by atoms with Crippen LogP contribution in [0.2, 0.25) is 0 Å². The number of nitrogens with zero attached hydrogens (tertiary/aromatic N) is 5. The van der Waals surface area contributed by atoms with Gasteiger partial charge in [-0.05, 0) is 64.5 Å². The molecule has 0 N–H and O–H groups in total. The minimum Gasteiger partial charge on any atom is -0.444 e. The molecule has 30 heavy (non-hydrogen) atoms. The van der Waals surface area contributed by atoms with E-state index in [1.165, 1.54) is 5.69 Å². The van der Waals surface area contributed by atoms with Crippen molar-refractivity contribution in [2.45, 2.75) is 39.3 Å². The van der Waals surface area contributed by atoms with Gasteiger partial charge in [-0.2, -0.15) is 5.26 Å². The van der Waals surface area contributed by atoms with Crippen LogP contribution in [0, 0.1) is 11.3 Å². The first-order valence-corrected chi connectivity index (χ1v) is 10.9. The zero-order chi connectivity index (χ0) is 21.7. The van der Waals surface area contributed by atoms with Crippen molar-refractivity contribution in [3.8, 4) is 6.07 Å². The minimum atomic E-state index is -0.474. The van der Waals surface area contributed by atoms with Gasteiger partial charge < -0.3 is 19.4 Å². The Balaban J connectivity index is 1.62. The third-order valence-electron chi connectivity index (χ3n) is 5.71. The van der Waals surface area contributed by atoms with Crippen LogP contribution in [0.1, 0.15) is 38.3 Å². The van der Waals surface area contributed by atoms with E-state index in [4.69, 9.17) is 4.74 Å². The van der Waals surface area contributed by atoms with Gasteiger partial charge in [-0.25, -0.2) is 4.79 Å². The molecule has 0 aliphatic carbocycles. The normalized spacial score (nSPS) is 19.3. The van der Waals surface area contributed by atoms with E-state index in [0.29, 0.717) is 13.1 Å². The number of amides is 1. The van der Waals surface area contributed by atoms with Gasteiger partial charge in [0.2, 0.25) is 0 Å². The van der Waals surface area contributed by atoms with Crippen molar-refractivity contribution in [3.63, 3.8) is 0 Å². The lowest BCUT2D eigenvalue weighted by Gasteiger charge is -2.35. The van der Waals surface area contributed by atoms with Gasteiger partial charge in [-0.1, -0.05) is 0 Å². The molecule has 0 unspecified atom stereocenters. The van der Waals surface area contributed by atoms with E-state index in [1.807, 2.05) is 26.8 Å². The van der Waals surface area contributed by atoms with Gasteiger partial charge in [0.25, 0.3) is 0 Å². The maximum atomic E-state index is 12.3.